The van der Waals surface area contributed by atoms with E-state index in [4.69, 9.17) is 47.4 Å². The first-order chi connectivity index (χ1) is 38.1. The van der Waals surface area contributed by atoms with Crippen LogP contribution in [0.4, 0.5) is 4.39 Å². The minimum atomic E-state index is -2.46. The summed E-state index contributed by atoms with van der Waals surface area (Å²) < 4.78 is 83.5. The molecule has 17 heteroatoms. The number of benzene rings is 6. The Morgan fingerprint density at radius 1 is 0.436 bits per heavy atom. The lowest BCUT2D eigenvalue weighted by Gasteiger charge is -2.51. The van der Waals surface area contributed by atoms with Crippen LogP contribution in [0.5, 0.6) is 0 Å². The van der Waals surface area contributed by atoms with Gasteiger partial charge in [0.25, 0.3) is 11.8 Å². The van der Waals surface area contributed by atoms with Crippen molar-refractivity contribution in [1.82, 2.24) is 4.90 Å². The summed E-state index contributed by atoms with van der Waals surface area (Å²) in [6.45, 7) is 1.74. The lowest BCUT2D eigenvalue weighted by molar-refractivity contribution is -0.376. The van der Waals surface area contributed by atoms with Crippen molar-refractivity contribution < 1.29 is 76.7 Å². The Kier molecular flexibility index (Phi) is 18.6. The van der Waals surface area contributed by atoms with E-state index in [1.807, 2.05) is 159 Å². The van der Waals surface area contributed by atoms with Crippen molar-refractivity contribution in [3.05, 3.63) is 215 Å². The van der Waals surface area contributed by atoms with E-state index in [1.165, 1.54) is 12.1 Å². The van der Waals surface area contributed by atoms with Crippen molar-refractivity contribution >= 4 is 11.8 Å². The van der Waals surface area contributed by atoms with Gasteiger partial charge >= 0.3 is 0 Å². The van der Waals surface area contributed by atoms with Gasteiger partial charge in [-0.2, -0.15) is 0 Å². The molecule has 4 heterocycles. The summed E-state index contributed by atoms with van der Waals surface area (Å²) in [5.74, 6) is -1.68. The standard InChI is InChI=1S/C61H64FNO15/c1-38-52(71-33-41-23-11-4-12-24-41)55(72-34-42-25-13-5-14-26-42)56(73-35-43-27-15-6-16-28-43)61(74-38)77-53-47(37-70-32-40-21-9-3-10-22-40)75-57(62)48(63-58(67)44-29-17-18-30-45(44)59(63)68)54(53)78-60-51(66)50(65)49(64)46(76-60)36-69-31-39-19-7-2-8-20-39/h2-30,38,46-57,60-61,64-66H,31-37H2,1H3/t38-,46+,47+,48+,49-,50-,51+,52+,53+,54+,55+,56-,57-,60-,61-/m0/s1. The van der Waals surface area contributed by atoms with Crippen molar-refractivity contribution in [2.75, 3.05) is 13.2 Å². The molecular formula is C61H64FNO15. The first-order valence-electron chi connectivity index (χ1n) is 26.2. The summed E-state index contributed by atoms with van der Waals surface area (Å²) in [6.07, 6.45) is -20.9. The fourth-order valence-electron chi connectivity index (χ4n) is 10.3. The second-order valence-electron chi connectivity index (χ2n) is 19.8. The number of ether oxygens (including phenoxy) is 10. The first kappa shape index (κ1) is 55.2. The third-order valence-electron chi connectivity index (χ3n) is 14.3. The molecule has 4 aliphatic rings. The van der Waals surface area contributed by atoms with Crippen molar-refractivity contribution in [2.24, 2.45) is 0 Å². The largest absolute Gasteiger partial charge is 0.387 e. The number of aliphatic hydroxyl groups is 3. The lowest BCUT2D eigenvalue weighted by atomic mass is 9.93. The van der Waals surface area contributed by atoms with E-state index >= 15 is 4.39 Å². The van der Waals surface area contributed by atoms with Crippen LogP contribution in [-0.4, -0.2) is 137 Å². The molecule has 4 aliphatic heterocycles. The molecule has 0 unspecified atom stereocenters. The minimum Gasteiger partial charge on any atom is -0.387 e. The Hall–Kier alpha value is -6.13. The fourth-order valence-corrected chi connectivity index (χ4v) is 10.3. The highest BCUT2D eigenvalue weighted by Gasteiger charge is 2.59. The normalized spacial score (nSPS) is 30.1. The van der Waals surface area contributed by atoms with Gasteiger partial charge in [0.15, 0.2) is 12.6 Å². The van der Waals surface area contributed by atoms with Crippen LogP contribution in [-0.2, 0) is 80.4 Å². The van der Waals surface area contributed by atoms with Gasteiger partial charge in [0.1, 0.15) is 67.1 Å². The molecule has 6 aromatic carbocycles. The quantitative estimate of drug-likeness (QED) is 0.0598. The summed E-state index contributed by atoms with van der Waals surface area (Å²) in [6, 6.07) is 51.4. The highest BCUT2D eigenvalue weighted by atomic mass is 19.1. The summed E-state index contributed by atoms with van der Waals surface area (Å²) in [7, 11) is 0. The average Bonchev–Trinajstić information content (AvgIpc) is 3.93. The van der Waals surface area contributed by atoms with E-state index in [1.54, 1.807) is 12.1 Å². The number of alkyl halides is 1. The Labute approximate surface area is 452 Å². The Morgan fingerprint density at radius 3 is 1.33 bits per heavy atom. The van der Waals surface area contributed by atoms with Crippen LogP contribution in [0.25, 0.3) is 0 Å². The molecule has 0 saturated carbocycles. The van der Waals surface area contributed by atoms with Crippen molar-refractivity contribution in [3.63, 3.8) is 0 Å². The zero-order chi connectivity index (χ0) is 54.0. The number of hydrogen-bond donors (Lipinski definition) is 3. The van der Waals surface area contributed by atoms with Gasteiger partial charge in [-0.1, -0.05) is 164 Å². The molecule has 0 aromatic heterocycles. The van der Waals surface area contributed by atoms with E-state index < -0.39 is 104 Å². The van der Waals surface area contributed by atoms with Crippen LogP contribution < -0.4 is 0 Å². The van der Waals surface area contributed by atoms with Gasteiger partial charge in [-0.05, 0) is 46.9 Å². The highest BCUT2D eigenvalue weighted by Crippen LogP contribution is 2.40. The maximum Gasteiger partial charge on any atom is 0.262 e. The van der Waals surface area contributed by atoms with Gasteiger partial charge in [-0.15, -0.1) is 0 Å². The predicted octanol–water partition coefficient (Wildman–Crippen LogP) is 6.86. The summed E-state index contributed by atoms with van der Waals surface area (Å²) >= 11 is 0. The molecular weight excluding hydrogens is 1010 g/mol. The number of halogens is 1. The number of nitrogens with zero attached hydrogens (tertiary/aromatic N) is 1. The van der Waals surface area contributed by atoms with E-state index in [2.05, 4.69) is 0 Å². The number of fused-ring (bicyclic) bond motifs is 1. The van der Waals surface area contributed by atoms with Gasteiger partial charge in [-0.3, -0.25) is 14.5 Å². The Morgan fingerprint density at radius 2 is 0.846 bits per heavy atom. The van der Waals surface area contributed by atoms with Crippen LogP contribution in [0.1, 0.15) is 55.5 Å². The molecule has 3 fully saturated rings. The first-order valence-corrected chi connectivity index (χ1v) is 26.2. The number of carbonyl (C=O) groups excluding carboxylic acids is 2. The number of carbonyl (C=O) groups is 2. The van der Waals surface area contributed by atoms with Crippen LogP contribution in [0.3, 0.4) is 0 Å². The molecule has 10 rings (SSSR count). The maximum atomic E-state index is 17.6. The number of aliphatic hydroxyl groups excluding tert-OH is 3. The zero-order valence-electron chi connectivity index (χ0n) is 42.9. The monoisotopic (exact) mass is 1070 g/mol. The number of rotatable bonds is 22. The second kappa shape index (κ2) is 26.2. The molecule has 0 spiro atoms. The summed E-state index contributed by atoms with van der Waals surface area (Å²) in [5.41, 5.74) is 4.22. The molecule has 0 bridgehead atoms. The van der Waals surface area contributed by atoms with Crippen molar-refractivity contribution in [2.45, 2.75) is 132 Å². The van der Waals surface area contributed by atoms with E-state index in [9.17, 15) is 24.9 Å². The van der Waals surface area contributed by atoms with E-state index in [-0.39, 0.29) is 57.4 Å². The molecule has 3 N–H and O–H groups in total. The molecule has 410 valence electrons. The highest BCUT2D eigenvalue weighted by molar-refractivity contribution is 6.21. The average molecular weight is 1070 g/mol. The lowest BCUT2D eigenvalue weighted by Crippen LogP contribution is -2.69. The van der Waals surface area contributed by atoms with Gasteiger partial charge in [0.05, 0.1) is 63.5 Å². The molecule has 2 amide bonds. The predicted molar refractivity (Wildman–Crippen MR) is 279 cm³/mol. The molecule has 16 nitrogen and oxygen atoms in total. The van der Waals surface area contributed by atoms with Crippen molar-refractivity contribution in [1.29, 1.82) is 0 Å². The third kappa shape index (κ3) is 13.0. The van der Waals surface area contributed by atoms with Gasteiger partial charge in [0, 0.05) is 0 Å². The minimum absolute atomic E-state index is 0.0149. The van der Waals surface area contributed by atoms with Gasteiger partial charge in [0.2, 0.25) is 6.36 Å². The molecule has 0 radical (unpaired) electrons. The van der Waals surface area contributed by atoms with Crippen LogP contribution in [0.15, 0.2) is 176 Å². The van der Waals surface area contributed by atoms with Crippen molar-refractivity contribution in [3.8, 4) is 0 Å². The second-order valence-corrected chi connectivity index (χ2v) is 19.8. The third-order valence-corrected chi connectivity index (χ3v) is 14.3. The smallest absolute Gasteiger partial charge is 0.262 e. The fraction of sp³-hybridized carbons (Fsp3) is 0.377. The Bertz CT molecular complexity index is 2790. The summed E-state index contributed by atoms with van der Waals surface area (Å²) in [4.78, 5) is 29.7. The van der Waals surface area contributed by atoms with Crippen LogP contribution in [0.2, 0.25) is 0 Å². The summed E-state index contributed by atoms with van der Waals surface area (Å²) in [5, 5.41) is 34.5. The van der Waals surface area contributed by atoms with Crippen LogP contribution >= 0.6 is 0 Å². The molecule has 78 heavy (non-hydrogen) atoms. The zero-order valence-corrected chi connectivity index (χ0v) is 42.9. The molecule has 0 aliphatic carbocycles. The maximum absolute atomic E-state index is 17.6. The SMILES string of the molecule is C[C@@H]1O[C@@H](O[C@H]2[C@H](O[C@@H]3O[C@H](COCc4ccccc4)[C@H](O)[C@H](O)[C@H]3O)[C@@H](N3C(=O)c4ccccc4C3=O)[C@@H](F)O[C@@H]2COCc2ccccc2)[C@@H](OCc2ccccc2)[C@H](OCc2ccccc2)[C@@H]1OCc1ccccc1. The Balaban J connectivity index is 1.04. The van der Waals surface area contributed by atoms with E-state index in [0.717, 1.165) is 32.7 Å². The molecule has 15 atom stereocenters. The number of hydrogen-bond acceptors (Lipinski definition) is 15. The number of imide groups is 1. The van der Waals surface area contributed by atoms with Gasteiger partial charge in [-0.25, -0.2) is 4.39 Å². The molecule has 6 aromatic rings. The van der Waals surface area contributed by atoms with Gasteiger partial charge < -0.3 is 62.7 Å². The topological polar surface area (TPSA) is 190 Å². The number of amides is 2. The molecule has 3 saturated heterocycles. The van der Waals surface area contributed by atoms with E-state index in [0.29, 0.717) is 0 Å². The van der Waals surface area contributed by atoms with Crippen LogP contribution in [0, 0.1) is 0 Å².